The average molecular weight is 252 g/mol. The fraction of sp³-hybridized carbons (Fsp3) is 0.667. The van der Waals surface area contributed by atoms with E-state index in [9.17, 15) is 4.79 Å². The number of amides is 1. The summed E-state index contributed by atoms with van der Waals surface area (Å²) in [6.07, 6.45) is 0.0671. The van der Waals surface area contributed by atoms with Crippen molar-refractivity contribution >= 4 is 5.91 Å². The first-order valence-electron chi connectivity index (χ1n) is 6.15. The van der Waals surface area contributed by atoms with Crippen LogP contribution in [0.25, 0.3) is 0 Å². The molecule has 2 rings (SSSR count). The van der Waals surface area contributed by atoms with Crippen molar-refractivity contribution in [3.05, 3.63) is 17.5 Å². The van der Waals surface area contributed by atoms with Crippen LogP contribution in [0.15, 0.2) is 6.07 Å². The topological polar surface area (TPSA) is 59.4 Å². The highest BCUT2D eigenvalue weighted by Crippen LogP contribution is 2.03. The Labute approximate surface area is 107 Å². The zero-order valence-corrected chi connectivity index (χ0v) is 11.1. The van der Waals surface area contributed by atoms with Crippen LogP contribution in [0.2, 0.25) is 0 Å². The molecule has 1 aromatic rings. The van der Waals surface area contributed by atoms with Crippen LogP contribution in [-0.2, 0) is 11.8 Å². The summed E-state index contributed by atoms with van der Waals surface area (Å²) in [6, 6.07) is 1.78. The number of aromatic nitrogens is 2. The first-order valence-corrected chi connectivity index (χ1v) is 6.15. The Hall–Kier alpha value is -1.40. The normalized spacial score (nSPS) is 20.9. The van der Waals surface area contributed by atoms with Crippen molar-refractivity contribution in [3.63, 3.8) is 0 Å². The SMILES string of the molecule is Cc1cc(C(=O)NCC2CN(C)CCO2)nn1C. The van der Waals surface area contributed by atoms with Gasteiger partial charge < -0.3 is 15.0 Å². The van der Waals surface area contributed by atoms with Gasteiger partial charge in [-0.2, -0.15) is 5.10 Å². The Morgan fingerprint density at radius 3 is 3.00 bits per heavy atom. The van der Waals surface area contributed by atoms with E-state index in [2.05, 4.69) is 22.4 Å². The van der Waals surface area contributed by atoms with Crippen LogP contribution in [0.5, 0.6) is 0 Å². The van der Waals surface area contributed by atoms with Crippen LogP contribution in [-0.4, -0.2) is 60.0 Å². The first-order chi connectivity index (χ1) is 8.56. The highest BCUT2D eigenvalue weighted by atomic mass is 16.5. The molecule has 100 valence electrons. The molecule has 18 heavy (non-hydrogen) atoms. The maximum absolute atomic E-state index is 11.9. The summed E-state index contributed by atoms with van der Waals surface area (Å²) < 4.78 is 7.28. The first kappa shape index (κ1) is 13.0. The molecule has 0 aromatic carbocycles. The lowest BCUT2D eigenvalue weighted by Gasteiger charge is -2.29. The number of likely N-dealkylation sites (N-methyl/N-ethyl adjacent to an activating group) is 1. The largest absolute Gasteiger partial charge is 0.374 e. The summed E-state index contributed by atoms with van der Waals surface area (Å²) in [7, 11) is 3.88. The molecule has 0 spiro atoms. The Morgan fingerprint density at radius 1 is 1.61 bits per heavy atom. The molecule has 0 radical (unpaired) electrons. The lowest BCUT2D eigenvalue weighted by atomic mass is 10.2. The summed E-state index contributed by atoms with van der Waals surface area (Å²) in [5, 5.41) is 7.01. The van der Waals surface area contributed by atoms with Crippen molar-refractivity contribution in [2.24, 2.45) is 7.05 Å². The van der Waals surface area contributed by atoms with Crippen molar-refractivity contribution in [2.45, 2.75) is 13.0 Å². The number of nitrogens with zero attached hydrogens (tertiary/aromatic N) is 3. The van der Waals surface area contributed by atoms with Crippen molar-refractivity contribution in [3.8, 4) is 0 Å². The van der Waals surface area contributed by atoms with Gasteiger partial charge in [-0.15, -0.1) is 0 Å². The third kappa shape index (κ3) is 3.08. The molecule has 1 saturated heterocycles. The van der Waals surface area contributed by atoms with Gasteiger partial charge in [0.05, 0.1) is 12.7 Å². The molecule has 1 aromatic heterocycles. The second kappa shape index (κ2) is 5.49. The van der Waals surface area contributed by atoms with Gasteiger partial charge in [0.2, 0.25) is 0 Å². The fourth-order valence-corrected chi connectivity index (χ4v) is 1.96. The number of hydrogen-bond donors (Lipinski definition) is 1. The molecular weight excluding hydrogens is 232 g/mol. The summed E-state index contributed by atoms with van der Waals surface area (Å²) in [4.78, 5) is 14.1. The Bertz CT molecular complexity index is 410. The number of carbonyl (C=O) groups is 1. The minimum Gasteiger partial charge on any atom is -0.374 e. The highest BCUT2D eigenvalue weighted by molar-refractivity contribution is 5.92. The molecule has 1 amide bonds. The number of carbonyl (C=O) groups excluding carboxylic acids is 1. The molecule has 1 unspecified atom stereocenters. The molecule has 1 aliphatic heterocycles. The van der Waals surface area contributed by atoms with Crippen LogP contribution in [0.3, 0.4) is 0 Å². The summed E-state index contributed by atoms with van der Waals surface area (Å²) in [5.74, 6) is -0.143. The van der Waals surface area contributed by atoms with Gasteiger partial charge in [0.15, 0.2) is 0 Å². The van der Waals surface area contributed by atoms with Crippen LogP contribution >= 0.6 is 0 Å². The minimum atomic E-state index is -0.143. The molecule has 2 heterocycles. The average Bonchev–Trinajstić information content (AvgIpc) is 2.67. The Balaban J connectivity index is 1.84. The van der Waals surface area contributed by atoms with Gasteiger partial charge in [-0.25, -0.2) is 0 Å². The van der Waals surface area contributed by atoms with E-state index in [0.717, 1.165) is 25.4 Å². The van der Waals surface area contributed by atoms with Gasteiger partial charge in [0.1, 0.15) is 5.69 Å². The third-order valence-electron chi connectivity index (χ3n) is 3.18. The van der Waals surface area contributed by atoms with E-state index < -0.39 is 0 Å². The molecule has 0 bridgehead atoms. The Kier molecular flexibility index (Phi) is 3.98. The van der Waals surface area contributed by atoms with Gasteiger partial charge in [0, 0.05) is 32.4 Å². The highest BCUT2D eigenvalue weighted by Gasteiger charge is 2.19. The molecule has 6 nitrogen and oxygen atoms in total. The Morgan fingerprint density at radius 2 is 2.39 bits per heavy atom. The summed E-state index contributed by atoms with van der Waals surface area (Å²) in [5.41, 5.74) is 1.42. The monoisotopic (exact) mass is 252 g/mol. The van der Waals surface area contributed by atoms with Gasteiger partial charge in [-0.05, 0) is 20.0 Å². The van der Waals surface area contributed by atoms with Gasteiger partial charge in [-0.3, -0.25) is 9.48 Å². The zero-order chi connectivity index (χ0) is 13.1. The molecule has 0 aliphatic carbocycles. The fourth-order valence-electron chi connectivity index (χ4n) is 1.96. The number of ether oxygens (including phenoxy) is 1. The second-order valence-corrected chi connectivity index (χ2v) is 4.76. The van der Waals surface area contributed by atoms with Crippen LogP contribution in [0.4, 0.5) is 0 Å². The van der Waals surface area contributed by atoms with E-state index in [1.807, 2.05) is 14.0 Å². The van der Waals surface area contributed by atoms with E-state index >= 15 is 0 Å². The molecule has 1 fully saturated rings. The zero-order valence-electron chi connectivity index (χ0n) is 11.1. The van der Waals surface area contributed by atoms with Crippen molar-refractivity contribution < 1.29 is 9.53 Å². The minimum absolute atomic E-state index is 0.0671. The van der Waals surface area contributed by atoms with Crippen molar-refractivity contribution in [1.82, 2.24) is 20.0 Å². The summed E-state index contributed by atoms with van der Waals surface area (Å²) >= 11 is 0. The summed E-state index contributed by atoms with van der Waals surface area (Å²) in [6.45, 7) is 4.97. The van der Waals surface area contributed by atoms with Crippen molar-refractivity contribution in [1.29, 1.82) is 0 Å². The number of rotatable bonds is 3. The van der Waals surface area contributed by atoms with Crippen LogP contribution in [0, 0.1) is 6.92 Å². The molecule has 1 aliphatic rings. The standard InChI is InChI=1S/C12H20N4O2/c1-9-6-11(14-16(9)3)12(17)13-7-10-8-15(2)4-5-18-10/h6,10H,4-5,7-8H2,1-3H3,(H,13,17). The van der Waals surface area contributed by atoms with Crippen LogP contribution < -0.4 is 5.32 Å². The van der Waals surface area contributed by atoms with Gasteiger partial charge >= 0.3 is 0 Å². The van der Waals surface area contributed by atoms with E-state index in [1.54, 1.807) is 10.7 Å². The molecule has 6 heteroatoms. The van der Waals surface area contributed by atoms with Gasteiger partial charge in [-0.1, -0.05) is 0 Å². The number of morpholine rings is 1. The molecule has 0 saturated carbocycles. The predicted molar refractivity (Wildman–Crippen MR) is 67.5 cm³/mol. The lowest BCUT2D eigenvalue weighted by Crippen LogP contribution is -2.46. The molecule has 1 N–H and O–H groups in total. The number of aryl methyl sites for hydroxylation is 2. The maximum atomic E-state index is 11.9. The van der Waals surface area contributed by atoms with E-state index in [4.69, 9.17) is 4.74 Å². The second-order valence-electron chi connectivity index (χ2n) is 4.76. The van der Waals surface area contributed by atoms with Crippen LogP contribution in [0.1, 0.15) is 16.2 Å². The van der Waals surface area contributed by atoms with E-state index in [0.29, 0.717) is 12.2 Å². The third-order valence-corrected chi connectivity index (χ3v) is 3.18. The molecular formula is C12H20N4O2. The quantitative estimate of drug-likeness (QED) is 0.808. The van der Waals surface area contributed by atoms with Crippen molar-refractivity contribution in [2.75, 3.05) is 33.3 Å². The molecule has 1 atom stereocenters. The maximum Gasteiger partial charge on any atom is 0.271 e. The smallest absolute Gasteiger partial charge is 0.271 e. The number of hydrogen-bond acceptors (Lipinski definition) is 4. The lowest BCUT2D eigenvalue weighted by molar-refractivity contribution is -0.0175. The predicted octanol–water partition coefficient (Wildman–Crippen LogP) is -0.211. The van der Waals surface area contributed by atoms with Gasteiger partial charge in [0.25, 0.3) is 5.91 Å². The number of nitrogens with one attached hydrogen (secondary N) is 1. The van der Waals surface area contributed by atoms with E-state index in [1.165, 1.54) is 0 Å². The van der Waals surface area contributed by atoms with E-state index in [-0.39, 0.29) is 12.0 Å².